The van der Waals surface area contributed by atoms with Crippen molar-refractivity contribution >= 4 is 21.4 Å². The smallest absolute Gasteiger partial charge is 0.244 e. The van der Waals surface area contributed by atoms with Gasteiger partial charge in [0.05, 0.1) is 14.2 Å². The van der Waals surface area contributed by atoms with Gasteiger partial charge in [0, 0.05) is 19.2 Å². The second kappa shape index (κ2) is 9.05. The van der Waals surface area contributed by atoms with Gasteiger partial charge in [0.15, 0.2) is 0 Å². The van der Waals surface area contributed by atoms with Gasteiger partial charge in [-0.2, -0.15) is 11.3 Å². The van der Waals surface area contributed by atoms with Crippen molar-refractivity contribution in [3.63, 3.8) is 0 Å². The van der Waals surface area contributed by atoms with Crippen LogP contribution in [0.4, 0.5) is 0 Å². The molecule has 1 aliphatic heterocycles. The molecular formula is C19H26N2O4S2. The summed E-state index contributed by atoms with van der Waals surface area (Å²) in [6.45, 7) is 3.40. The number of nitrogens with zero attached hydrogens (tertiary/aromatic N) is 1. The van der Waals surface area contributed by atoms with Crippen molar-refractivity contribution in [3.8, 4) is 11.5 Å². The number of nitrogens with one attached hydrogen (secondary N) is 1. The lowest BCUT2D eigenvalue weighted by Crippen LogP contribution is -2.38. The lowest BCUT2D eigenvalue weighted by Gasteiger charge is -2.31. The Kier molecular flexibility index (Phi) is 6.75. The summed E-state index contributed by atoms with van der Waals surface area (Å²) in [4.78, 5) is 2.54. The molecule has 3 rings (SSSR count). The first kappa shape index (κ1) is 20.1. The number of hydrogen-bond donors (Lipinski definition) is 1. The molecule has 0 bridgehead atoms. The third kappa shape index (κ3) is 5.22. The van der Waals surface area contributed by atoms with Gasteiger partial charge in [-0.3, -0.25) is 4.90 Å². The minimum Gasteiger partial charge on any atom is -0.497 e. The zero-order chi connectivity index (χ0) is 19.3. The molecule has 1 aromatic heterocycles. The molecule has 1 fully saturated rings. The summed E-state index contributed by atoms with van der Waals surface area (Å²) in [5, 5.41) is 4.28. The van der Waals surface area contributed by atoms with E-state index in [4.69, 9.17) is 9.47 Å². The average molecular weight is 411 g/mol. The van der Waals surface area contributed by atoms with Gasteiger partial charge in [0.25, 0.3) is 0 Å². The van der Waals surface area contributed by atoms with Gasteiger partial charge < -0.3 is 9.47 Å². The van der Waals surface area contributed by atoms with Crippen molar-refractivity contribution < 1.29 is 17.9 Å². The molecule has 0 aliphatic carbocycles. The van der Waals surface area contributed by atoms with Crippen LogP contribution in [0, 0.1) is 5.92 Å². The van der Waals surface area contributed by atoms with Crippen LogP contribution in [0.5, 0.6) is 11.5 Å². The van der Waals surface area contributed by atoms with E-state index in [9.17, 15) is 8.42 Å². The Bertz CT molecular complexity index is 829. The van der Waals surface area contributed by atoms with Crippen molar-refractivity contribution in [1.29, 1.82) is 0 Å². The van der Waals surface area contributed by atoms with E-state index < -0.39 is 10.0 Å². The number of rotatable bonds is 8. The van der Waals surface area contributed by atoms with Crippen LogP contribution >= 0.6 is 11.3 Å². The van der Waals surface area contributed by atoms with Crippen LogP contribution in [-0.2, 0) is 16.6 Å². The van der Waals surface area contributed by atoms with Crippen molar-refractivity contribution in [2.45, 2.75) is 24.3 Å². The normalized spacial score (nSPS) is 16.4. The van der Waals surface area contributed by atoms with Crippen LogP contribution in [0.2, 0.25) is 0 Å². The van der Waals surface area contributed by atoms with Crippen LogP contribution < -0.4 is 14.2 Å². The molecule has 8 heteroatoms. The Hall–Kier alpha value is -1.61. The monoisotopic (exact) mass is 410 g/mol. The van der Waals surface area contributed by atoms with Crippen LogP contribution in [0.15, 0.2) is 39.9 Å². The first-order valence-electron chi connectivity index (χ1n) is 8.97. The highest BCUT2D eigenvalue weighted by Crippen LogP contribution is 2.28. The van der Waals surface area contributed by atoms with Crippen molar-refractivity contribution in [1.82, 2.24) is 9.62 Å². The number of hydrogen-bond acceptors (Lipinski definition) is 6. The van der Waals surface area contributed by atoms with E-state index in [1.807, 2.05) is 0 Å². The van der Waals surface area contributed by atoms with E-state index in [1.165, 1.54) is 25.8 Å². The third-order valence-electron chi connectivity index (χ3n) is 4.92. The van der Waals surface area contributed by atoms with Gasteiger partial charge in [0.1, 0.15) is 16.4 Å². The Morgan fingerprint density at radius 1 is 1.19 bits per heavy atom. The van der Waals surface area contributed by atoms with Gasteiger partial charge in [-0.25, -0.2) is 13.1 Å². The first-order chi connectivity index (χ1) is 13.0. The van der Waals surface area contributed by atoms with Crippen LogP contribution in [0.1, 0.15) is 18.4 Å². The molecule has 0 radical (unpaired) electrons. The molecule has 0 saturated carbocycles. The van der Waals surface area contributed by atoms with E-state index in [-0.39, 0.29) is 4.90 Å². The van der Waals surface area contributed by atoms with E-state index in [2.05, 4.69) is 26.4 Å². The van der Waals surface area contributed by atoms with Crippen LogP contribution in [0.3, 0.4) is 0 Å². The molecule has 1 saturated heterocycles. The second-order valence-electron chi connectivity index (χ2n) is 6.72. The predicted octanol–water partition coefficient (Wildman–Crippen LogP) is 2.96. The quantitative estimate of drug-likeness (QED) is 0.725. The van der Waals surface area contributed by atoms with Crippen molar-refractivity contribution in [2.24, 2.45) is 5.92 Å². The Morgan fingerprint density at radius 3 is 2.59 bits per heavy atom. The summed E-state index contributed by atoms with van der Waals surface area (Å²) < 4.78 is 38.6. The fourth-order valence-corrected chi connectivity index (χ4v) is 5.25. The molecule has 2 aromatic rings. The summed E-state index contributed by atoms with van der Waals surface area (Å²) >= 11 is 1.72. The number of thiophene rings is 1. The molecule has 0 unspecified atom stereocenters. The Morgan fingerprint density at radius 2 is 1.96 bits per heavy atom. The van der Waals surface area contributed by atoms with E-state index in [0.29, 0.717) is 24.0 Å². The lowest BCUT2D eigenvalue weighted by atomic mass is 9.97. The number of sulfonamides is 1. The molecular weight excluding hydrogens is 384 g/mol. The summed E-state index contributed by atoms with van der Waals surface area (Å²) in [5.41, 5.74) is 1.35. The number of piperidine rings is 1. The molecule has 1 aliphatic rings. The Balaban J connectivity index is 1.55. The molecule has 27 heavy (non-hydrogen) atoms. The zero-order valence-electron chi connectivity index (χ0n) is 15.7. The zero-order valence-corrected chi connectivity index (χ0v) is 17.3. The fourth-order valence-electron chi connectivity index (χ4n) is 3.29. The molecule has 1 aromatic carbocycles. The Labute approximate surface area is 165 Å². The standard InChI is InChI=1S/C19H26N2O4S2/c1-24-17-3-4-18(25-2)19(11-17)27(22,23)20-12-15-5-8-21(9-6-15)13-16-7-10-26-14-16/h3-4,7,10-11,14-15,20H,5-6,8-9,12-13H2,1-2H3. The number of methoxy groups -OCH3 is 2. The summed E-state index contributed by atoms with van der Waals surface area (Å²) in [6.07, 6.45) is 1.98. The summed E-state index contributed by atoms with van der Waals surface area (Å²) in [5.74, 6) is 1.14. The maximum Gasteiger partial charge on any atom is 0.244 e. The SMILES string of the molecule is COc1ccc(OC)c(S(=O)(=O)NCC2CCN(Cc3ccsc3)CC2)c1. The van der Waals surface area contributed by atoms with Gasteiger partial charge >= 0.3 is 0 Å². The summed E-state index contributed by atoms with van der Waals surface area (Å²) in [6, 6.07) is 6.94. The largest absolute Gasteiger partial charge is 0.497 e. The number of likely N-dealkylation sites (tertiary alicyclic amines) is 1. The molecule has 1 N–H and O–H groups in total. The maximum atomic E-state index is 12.7. The molecule has 0 amide bonds. The summed E-state index contributed by atoms with van der Waals surface area (Å²) in [7, 11) is -0.685. The highest BCUT2D eigenvalue weighted by atomic mass is 32.2. The molecule has 0 atom stereocenters. The maximum absolute atomic E-state index is 12.7. The molecule has 2 heterocycles. The van der Waals surface area contributed by atoms with E-state index in [0.717, 1.165) is 32.5 Å². The van der Waals surface area contributed by atoms with Crippen LogP contribution in [0.25, 0.3) is 0 Å². The van der Waals surface area contributed by atoms with Crippen LogP contribution in [-0.4, -0.2) is 47.2 Å². The predicted molar refractivity (Wildman–Crippen MR) is 107 cm³/mol. The minimum absolute atomic E-state index is 0.110. The fraction of sp³-hybridized carbons (Fsp3) is 0.474. The lowest BCUT2D eigenvalue weighted by molar-refractivity contribution is 0.178. The molecule has 0 spiro atoms. The second-order valence-corrected chi connectivity index (χ2v) is 9.24. The van der Waals surface area contributed by atoms with E-state index >= 15 is 0 Å². The van der Waals surface area contributed by atoms with Gasteiger partial charge in [0.2, 0.25) is 10.0 Å². The number of ether oxygens (including phenoxy) is 2. The van der Waals surface area contributed by atoms with Gasteiger partial charge in [-0.05, 0) is 66.4 Å². The topological polar surface area (TPSA) is 67.9 Å². The van der Waals surface area contributed by atoms with Gasteiger partial charge in [-0.1, -0.05) is 0 Å². The van der Waals surface area contributed by atoms with Gasteiger partial charge in [-0.15, -0.1) is 0 Å². The molecule has 6 nitrogen and oxygen atoms in total. The molecule has 148 valence electrons. The third-order valence-corrected chi connectivity index (χ3v) is 7.09. The minimum atomic E-state index is -3.66. The highest BCUT2D eigenvalue weighted by molar-refractivity contribution is 7.89. The first-order valence-corrected chi connectivity index (χ1v) is 11.4. The highest BCUT2D eigenvalue weighted by Gasteiger charge is 2.24. The van der Waals surface area contributed by atoms with Crippen molar-refractivity contribution in [3.05, 3.63) is 40.6 Å². The average Bonchev–Trinajstić information content (AvgIpc) is 3.20. The number of benzene rings is 1. The van der Waals surface area contributed by atoms with E-state index in [1.54, 1.807) is 23.5 Å². The van der Waals surface area contributed by atoms with Crippen molar-refractivity contribution in [2.75, 3.05) is 33.9 Å².